The number of aliphatic imine (C=N–C) groups is 1. The maximum atomic E-state index is 13.2. The maximum absolute atomic E-state index is 13.2. The molecule has 2 heterocycles. The molecule has 3 aromatic rings. The highest BCUT2D eigenvalue weighted by molar-refractivity contribution is 5.82. The molecule has 1 unspecified atom stereocenters. The largest absolute Gasteiger partial charge is 0.459 e. The van der Waals surface area contributed by atoms with Gasteiger partial charge in [-0.1, -0.05) is 48.5 Å². The van der Waals surface area contributed by atoms with Crippen molar-refractivity contribution in [2.75, 3.05) is 11.9 Å². The Morgan fingerprint density at radius 3 is 2.62 bits per heavy atom. The third kappa shape index (κ3) is 5.23. The smallest absolute Gasteiger partial charge is 0.329 e. The zero-order chi connectivity index (χ0) is 23.9. The summed E-state index contributed by atoms with van der Waals surface area (Å²) in [5.74, 6) is -0.254. The lowest BCUT2D eigenvalue weighted by atomic mass is 10.2. The summed E-state index contributed by atoms with van der Waals surface area (Å²) in [6.45, 7) is 2.27. The molecule has 1 aromatic heterocycles. The van der Waals surface area contributed by atoms with E-state index in [2.05, 4.69) is 15.3 Å². The summed E-state index contributed by atoms with van der Waals surface area (Å²) in [4.78, 5) is 34.9. The van der Waals surface area contributed by atoms with Gasteiger partial charge in [-0.25, -0.2) is 9.78 Å². The Morgan fingerprint density at radius 1 is 1.21 bits per heavy atom. The number of rotatable bonds is 8. The second kappa shape index (κ2) is 10.6. The van der Waals surface area contributed by atoms with Gasteiger partial charge in [0.15, 0.2) is 5.82 Å². The van der Waals surface area contributed by atoms with Crippen molar-refractivity contribution in [2.45, 2.75) is 32.4 Å². The first-order valence-corrected chi connectivity index (χ1v) is 11.1. The van der Waals surface area contributed by atoms with Gasteiger partial charge >= 0.3 is 5.97 Å². The summed E-state index contributed by atoms with van der Waals surface area (Å²) < 4.78 is 7.03. The van der Waals surface area contributed by atoms with Gasteiger partial charge in [-0.3, -0.25) is 14.4 Å². The molecule has 1 atom stereocenters. The fourth-order valence-corrected chi connectivity index (χ4v) is 3.89. The monoisotopic (exact) mass is 457 g/mol. The van der Waals surface area contributed by atoms with E-state index in [1.54, 1.807) is 6.21 Å². The quantitative estimate of drug-likeness (QED) is 0.396. The number of carbonyl (C=O) groups excluding carboxylic acids is 1. The van der Waals surface area contributed by atoms with Gasteiger partial charge < -0.3 is 15.8 Å². The minimum Gasteiger partial charge on any atom is -0.459 e. The van der Waals surface area contributed by atoms with Gasteiger partial charge in [-0.15, -0.1) is 0 Å². The summed E-state index contributed by atoms with van der Waals surface area (Å²) in [6.07, 6.45) is 4.18. The number of anilines is 1. The summed E-state index contributed by atoms with van der Waals surface area (Å²) in [5.41, 5.74) is 9.24. The molecular weight excluding hydrogens is 430 g/mol. The van der Waals surface area contributed by atoms with E-state index < -0.39 is 12.0 Å². The van der Waals surface area contributed by atoms with Crippen LogP contribution >= 0.6 is 0 Å². The van der Waals surface area contributed by atoms with Crippen molar-refractivity contribution in [3.8, 4) is 0 Å². The summed E-state index contributed by atoms with van der Waals surface area (Å²) in [7, 11) is 0. The zero-order valence-corrected chi connectivity index (χ0v) is 19.0. The van der Waals surface area contributed by atoms with Crippen LogP contribution in [-0.4, -0.2) is 28.3 Å². The number of hydrogen-bond donors (Lipinski definition) is 2. The van der Waals surface area contributed by atoms with Crippen molar-refractivity contribution >= 4 is 23.7 Å². The number of aryl methyl sites for hydroxylation is 1. The first kappa shape index (κ1) is 23.0. The van der Waals surface area contributed by atoms with Crippen molar-refractivity contribution in [1.29, 1.82) is 0 Å². The van der Waals surface area contributed by atoms with Gasteiger partial charge in [0.2, 0.25) is 0 Å². The number of benzene rings is 2. The molecule has 0 saturated carbocycles. The molecule has 0 radical (unpaired) electrons. The Hall–Kier alpha value is -4.20. The standard InChI is InChI=1S/C26H27N5O3/c1-18-22-12-13-23(26(33)34-17-19-8-4-2-5-9-19)31(22)25(32)24(30-18)29-16-20(14-27)15-28-21-10-6-3-7-11-21/h2-11,14-15,23H,12-13,16-17,27H2,1H3,(H,29,30)/b20-14+,28-15?. The van der Waals surface area contributed by atoms with Crippen LogP contribution in [0.2, 0.25) is 0 Å². The van der Waals surface area contributed by atoms with E-state index in [1.807, 2.05) is 67.6 Å². The van der Waals surface area contributed by atoms with Crippen LogP contribution in [0.15, 0.2) is 82.2 Å². The molecule has 0 fully saturated rings. The topological polar surface area (TPSA) is 112 Å². The number of aromatic nitrogens is 2. The first-order valence-electron chi connectivity index (χ1n) is 11.1. The van der Waals surface area contributed by atoms with E-state index in [4.69, 9.17) is 10.5 Å². The number of para-hydroxylation sites is 1. The normalized spacial score (nSPS) is 15.3. The number of nitrogens with one attached hydrogen (secondary N) is 1. The highest BCUT2D eigenvalue weighted by atomic mass is 16.5. The average molecular weight is 458 g/mol. The number of fused-ring (bicyclic) bond motifs is 1. The molecule has 0 saturated heterocycles. The number of esters is 1. The first-order chi connectivity index (χ1) is 16.6. The fraction of sp³-hybridized carbons (Fsp3) is 0.231. The van der Waals surface area contributed by atoms with Crippen LogP contribution in [0.1, 0.15) is 29.4 Å². The van der Waals surface area contributed by atoms with E-state index in [0.717, 1.165) is 16.9 Å². The highest BCUT2D eigenvalue weighted by Crippen LogP contribution is 2.27. The van der Waals surface area contributed by atoms with Crippen molar-refractivity contribution < 1.29 is 9.53 Å². The Morgan fingerprint density at radius 2 is 1.91 bits per heavy atom. The Balaban J connectivity index is 1.48. The van der Waals surface area contributed by atoms with E-state index in [-0.39, 0.29) is 24.5 Å². The maximum Gasteiger partial charge on any atom is 0.329 e. The molecule has 1 aliphatic rings. The van der Waals surface area contributed by atoms with Crippen LogP contribution in [0.5, 0.6) is 0 Å². The van der Waals surface area contributed by atoms with E-state index >= 15 is 0 Å². The minimum atomic E-state index is -0.669. The second-order valence-corrected chi connectivity index (χ2v) is 8.00. The van der Waals surface area contributed by atoms with E-state index in [9.17, 15) is 9.59 Å². The van der Waals surface area contributed by atoms with Crippen LogP contribution in [0.3, 0.4) is 0 Å². The molecule has 0 bridgehead atoms. The summed E-state index contributed by atoms with van der Waals surface area (Å²) >= 11 is 0. The molecule has 2 aromatic carbocycles. The molecule has 3 N–H and O–H groups in total. The molecule has 0 aliphatic carbocycles. The van der Waals surface area contributed by atoms with Crippen LogP contribution in [0.25, 0.3) is 0 Å². The molecule has 4 rings (SSSR count). The van der Waals surface area contributed by atoms with Gasteiger partial charge in [0.1, 0.15) is 12.6 Å². The third-order valence-electron chi connectivity index (χ3n) is 5.68. The van der Waals surface area contributed by atoms with Gasteiger partial charge in [-0.2, -0.15) is 0 Å². The molecule has 0 amide bonds. The van der Waals surface area contributed by atoms with Gasteiger partial charge in [0, 0.05) is 30.2 Å². The van der Waals surface area contributed by atoms with Crippen molar-refractivity contribution in [1.82, 2.24) is 9.55 Å². The molecule has 0 spiro atoms. The molecule has 34 heavy (non-hydrogen) atoms. The zero-order valence-electron chi connectivity index (χ0n) is 19.0. The average Bonchev–Trinajstić information content (AvgIpc) is 3.33. The minimum absolute atomic E-state index is 0.163. The SMILES string of the molecule is Cc1nc(NC/C(C=Nc2ccccc2)=C/N)c(=O)n2c1CCC2C(=O)OCc1ccccc1. The van der Waals surface area contributed by atoms with Crippen molar-refractivity contribution in [2.24, 2.45) is 10.7 Å². The van der Waals surface area contributed by atoms with Crippen LogP contribution < -0.4 is 16.6 Å². The highest BCUT2D eigenvalue weighted by Gasteiger charge is 2.33. The second-order valence-electron chi connectivity index (χ2n) is 8.00. The van der Waals surface area contributed by atoms with Gasteiger partial charge in [-0.05, 0) is 37.5 Å². The lowest BCUT2D eigenvalue weighted by Gasteiger charge is -2.16. The van der Waals surface area contributed by atoms with Crippen LogP contribution in [-0.2, 0) is 22.6 Å². The number of ether oxygens (including phenoxy) is 1. The van der Waals surface area contributed by atoms with E-state index in [0.29, 0.717) is 24.1 Å². The van der Waals surface area contributed by atoms with E-state index in [1.165, 1.54) is 10.8 Å². The van der Waals surface area contributed by atoms with Crippen LogP contribution in [0, 0.1) is 6.92 Å². The number of carbonyl (C=O) groups is 1. The number of nitrogens with two attached hydrogens (primary N) is 1. The van der Waals surface area contributed by atoms with Crippen LogP contribution in [0.4, 0.5) is 11.5 Å². The van der Waals surface area contributed by atoms with Crippen molar-refractivity contribution in [3.63, 3.8) is 0 Å². The Kier molecular flexibility index (Phi) is 7.17. The molecular formula is C26H27N5O3. The summed E-state index contributed by atoms with van der Waals surface area (Å²) in [6, 6.07) is 18.3. The summed E-state index contributed by atoms with van der Waals surface area (Å²) in [5, 5.41) is 3.05. The Labute approximate surface area is 197 Å². The number of nitrogens with zero attached hydrogens (tertiary/aromatic N) is 3. The Bertz CT molecular complexity index is 1270. The lowest BCUT2D eigenvalue weighted by molar-refractivity contribution is -0.148. The predicted molar refractivity (Wildman–Crippen MR) is 132 cm³/mol. The molecule has 8 nitrogen and oxygen atoms in total. The van der Waals surface area contributed by atoms with Crippen molar-refractivity contribution in [3.05, 3.63) is 99.7 Å². The lowest BCUT2D eigenvalue weighted by Crippen LogP contribution is -2.32. The molecule has 1 aliphatic heterocycles. The number of hydrogen-bond acceptors (Lipinski definition) is 7. The van der Waals surface area contributed by atoms with Gasteiger partial charge in [0.25, 0.3) is 5.56 Å². The molecule has 8 heteroatoms. The fourth-order valence-electron chi connectivity index (χ4n) is 3.89. The third-order valence-corrected chi connectivity index (χ3v) is 5.68. The van der Waals surface area contributed by atoms with Gasteiger partial charge in [0.05, 0.1) is 11.4 Å². The predicted octanol–water partition coefficient (Wildman–Crippen LogP) is 3.44. The molecule has 174 valence electrons.